The number of hydrogen-bond acceptors (Lipinski definition) is 4. The highest BCUT2D eigenvalue weighted by molar-refractivity contribution is 7.92. The van der Waals surface area contributed by atoms with E-state index in [1.807, 2.05) is 12.1 Å². The molecule has 1 saturated carbocycles. The largest absolute Gasteiger partial charge is 0.223 e. The summed E-state index contributed by atoms with van der Waals surface area (Å²) < 4.78 is 38.8. The molecule has 0 heterocycles. The van der Waals surface area contributed by atoms with Gasteiger partial charge in [-0.3, -0.25) is 0 Å². The van der Waals surface area contributed by atoms with Crippen LogP contribution in [0.4, 0.5) is 4.39 Å². The van der Waals surface area contributed by atoms with Crippen molar-refractivity contribution in [2.75, 3.05) is 0 Å². The summed E-state index contributed by atoms with van der Waals surface area (Å²) in [4.78, 5) is -0.00335. The lowest BCUT2D eigenvalue weighted by Crippen LogP contribution is -2.14. The van der Waals surface area contributed by atoms with Gasteiger partial charge in [0.1, 0.15) is 11.1 Å². The van der Waals surface area contributed by atoms with Crippen LogP contribution in [0.15, 0.2) is 53.4 Å². The van der Waals surface area contributed by atoms with E-state index in [2.05, 4.69) is 0 Å². The molecule has 2 aromatic carbocycles. The summed E-state index contributed by atoms with van der Waals surface area (Å²) in [6.07, 6.45) is 0. The van der Waals surface area contributed by atoms with Crippen LogP contribution in [-0.2, 0) is 9.84 Å². The van der Waals surface area contributed by atoms with Gasteiger partial charge in [-0.1, -0.05) is 23.7 Å². The van der Waals surface area contributed by atoms with Gasteiger partial charge in [0.15, 0.2) is 15.3 Å². The zero-order valence-corrected chi connectivity index (χ0v) is 13.7. The lowest BCUT2D eigenvalue weighted by molar-refractivity contribution is 0.591. The first-order chi connectivity index (χ1) is 11.4. The molecule has 0 aromatic heterocycles. The van der Waals surface area contributed by atoms with Gasteiger partial charge in [-0.2, -0.15) is 10.5 Å². The van der Waals surface area contributed by atoms with Crippen LogP contribution in [0.3, 0.4) is 0 Å². The summed E-state index contributed by atoms with van der Waals surface area (Å²) in [5.74, 6) is -1.30. The van der Waals surface area contributed by atoms with Crippen molar-refractivity contribution in [3.8, 4) is 12.1 Å². The molecular weight excluding hydrogens is 351 g/mol. The van der Waals surface area contributed by atoms with Gasteiger partial charge in [0.2, 0.25) is 0 Å². The lowest BCUT2D eigenvalue weighted by atomic mass is 10.0. The topological polar surface area (TPSA) is 81.7 Å². The minimum atomic E-state index is -3.92. The van der Waals surface area contributed by atoms with Gasteiger partial charge in [0, 0.05) is 10.9 Å². The molecular formula is C17H10ClFN2O2S. The Hall–Kier alpha value is -2.41. The summed E-state index contributed by atoms with van der Waals surface area (Å²) in [6.45, 7) is 0. The summed E-state index contributed by atoms with van der Waals surface area (Å²) in [5, 5.41) is 18.0. The zero-order chi connectivity index (χ0) is 17.5. The van der Waals surface area contributed by atoms with Crippen molar-refractivity contribution in [2.24, 2.45) is 5.41 Å². The van der Waals surface area contributed by atoms with Gasteiger partial charge in [-0.05, 0) is 42.0 Å². The Labute approximate surface area is 143 Å². The molecule has 0 amide bonds. The van der Waals surface area contributed by atoms with Crippen molar-refractivity contribution in [3.05, 3.63) is 64.9 Å². The van der Waals surface area contributed by atoms with Crippen LogP contribution in [0, 0.1) is 33.9 Å². The molecule has 24 heavy (non-hydrogen) atoms. The molecule has 0 aliphatic heterocycles. The third-order valence-corrected chi connectivity index (χ3v) is 6.70. The van der Waals surface area contributed by atoms with Crippen molar-refractivity contribution in [1.29, 1.82) is 10.5 Å². The summed E-state index contributed by atoms with van der Waals surface area (Å²) in [5.41, 5.74) is -1.24. The Morgan fingerprint density at radius 1 is 1.00 bits per heavy atom. The third-order valence-electron chi connectivity index (χ3n) is 4.21. The van der Waals surface area contributed by atoms with Crippen LogP contribution >= 0.6 is 11.6 Å². The predicted molar refractivity (Wildman–Crippen MR) is 85.2 cm³/mol. The maximum Gasteiger partial charge on any atom is 0.184 e. The van der Waals surface area contributed by atoms with Gasteiger partial charge >= 0.3 is 0 Å². The summed E-state index contributed by atoms with van der Waals surface area (Å²) >= 11 is 5.77. The third kappa shape index (κ3) is 2.36. The molecule has 2 atom stereocenters. The maximum atomic E-state index is 13.1. The Kier molecular flexibility index (Phi) is 3.83. The maximum absolute atomic E-state index is 13.1. The molecule has 4 nitrogen and oxygen atoms in total. The molecule has 1 fully saturated rings. The Morgan fingerprint density at radius 2 is 1.54 bits per heavy atom. The highest BCUT2D eigenvalue weighted by atomic mass is 35.5. The van der Waals surface area contributed by atoms with E-state index < -0.39 is 32.2 Å². The fourth-order valence-electron chi connectivity index (χ4n) is 2.95. The number of hydrogen-bond donors (Lipinski definition) is 0. The van der Waals surface area contributed by atoms with E-state index >= 15 is 0 Å². The van der Waals surface area contributed by atoms with Crippen LogP contribution in [0.25, 0.3) is 0 Å². The number of sulfone groups is 1. The van der Waals surface area contributed by atoms with E-state index in [9.17, 15) is 23.3 Å². The van der Waals surface area contributed by atoms with E-state index in [-0.39, 0.29) is 4.90 Å². The summed E-state index contributed by atoms with van der Waals surface area (Å²) in [7, 11) is -3.92. The average molecular weight is 361 g/mol. The van der Waals surface area contributed by atoms with E-state index in [4.69, 9.17) is 11.6 Å². The first kappa shape index (κ1) is 16.4. The average Bonchev–Trinajstić information content (AvgIpc) is 3.26. The van der Waals surface area contributed by atoms with Crippen molar-refractivity contribution in [3.63, 3.8) is 0 Å². The first-order valence-corrected chi connectivity index (χ1v) is 8.86. The first-order valence-electron chi connectivity index (χ1n) is 6.94. The second kappa shape index (κ2) is 5.59. The number of nitrogens with zero attached hydrogens (tertiary/aromatic N) is 2. The van der Waals surface area contributed by atoms with Crippen LogP contribution in [0.5, 0.6) is 0 Å². The second-order valence-corrected chi connectivity index (χ2v) is 8.05. The molecule has 120 valence electrons. The zero-order valence-electron chi connectivity index (χ0n) is 12.1. The number of benzene rings is 2. The number of rotatable bonds is 3. The molecule has 0 bridgehead atoms. The fraction of sp³-hybridized carbons (Fsp3) is 0.176. The molecule has 0 saturated heterocycles. The molecule has 1 aliphatic carbocycles. The quantitative estimate of drug-likeness (QED) is 0.839. The minimum absolute atomic E-state index is 0.00335. The van der Waals surface area contributed by atoms with Gasteiger partial charge in [-0.25, -0.2) is 12.8 Å². The van der Waals surface area contributed by atoms with Gasteiger partial charge < -0.3 is 0 Å². The normalized spacial score (nSPS) is 21.5. The molecule has 1 aliphatic rings. The molecule has 0 unspecified atom stereocenters. The molecule has 0 spiro atoms. The Morgan fingerprint density at radius 3 is 2.04 bits per heavy atom. The van der Waals surface area contributed by atoms with E-state index in [1.54, 1.807) is 0 Å². The molecule has 7 heteroatoms. The van der Waals surface area contributed by atoms with E-state index in [0.29, 0.717) is 10.6 Å². The van der Waals surface area contributed by atoms with Crippen molar-refractivity contribution in [1.82, 2.24) is 0 Å². The summed E-state index contributed by atoms with van der Waals surface area (Å²) in [6, 6.07) is 14.4. The standard InChI is InChI=1S/C17H10ClFN2O2S/c18-12-3-7-14(8-4-12)24(22,23)16-15(17(16,9-20)10-21)11-1-5-13(19)6-2-11/h1-8,15-16H/t15-,16-/m0/s1. The number of halogens is 2. The van der Waals surface area contributed by atoms with Gasteiger partial charge in [0.05, 0.1) is 17.0 Å². The van der Waals surface area contributed by atoms with Crippen LogP contribution < -0.4 is 0 Å². The highest BCUT2D eigenvalue weighted by Crippen LogP contribution is 2.63. The Bertz CT molecular complexity index is 959. The smallest absolute Gasteiger partial charge is 0.184 e. The SMILES string of the molecule is N#CC1(C#N)[C@@H](c2ccc(F)cc2)[C@@H]1S(=O)(=O)c1ccc(Cl)cc1. The number of nitriles is 2. The van der Waals surface area contributed by atoms with Gasteiger partial charge in [0.25, 0.3) is 0 Å². The van der Waals surface area contributed by atoms with Crippen LogP contribution in [0.1, 0.15) is 11.5 Å². The van der Waals surface area contributed by atoms with Crippen LogP contribution in [-0.4, -0.2) is 13.7 Å². The minimum Gasteiger partial charge on any atom is -0.223 e. The molecule has 0 radical (unpaired) electrons. The van der Waals surface area contributed by atoms with E-state index in [1.165, 1.54) is 48.5 Å². The molecule has 0 N–H and O–H groups in total. The van der Waals surface area contributed by atoms with Crippen molar-refractivity contribution in [2.45, 2.75) is 16.1 Å². The second-order valence-electron chi connectivity index (χ2n) is 5.54. The predicted octanol–water partition coefficient (Wildman–Crippen LogP) is 3.45. The van der Waals surface area contributed by atoms with Crippen molar-refractivity contribution < 1.29 is 12.8 Å². The lowest BCUT2D eigenvalue weighted by Gasteiger charge is -2.04. The monoisotopic (exact) mass is 360 g/mol. The van der Waals surface area contributed by atoms with Crippen LogP contribution in [0.2, 0.25) is 5.02 Å². The van der Waals surface area contributed by atoms with E-state index in [0.717, 1.165) is 0 Å². The molecule has 2 aromatic rings. The fourth-order valence-corrected chi connectivity index (χ4v) is 5.28. The van der Waals surface area contributed by atoms with Crippen molar-refractivity contribution >= 4 is 21.4 Å². The molecule has 3 rings (SSSR count). The Balaban J connectivity index is 2.09. The highest BCUT2D eigenvalue weighted by Gasteiger charge is 2.73. The van der Waals surface area contributed by atoms with Gasteiger partial charge in [-0.15, -0.1) is 0 Å².